The van der Waals surface area contributed by atoms with Crippen LogP contribution in [0.2, 0.25) is 0 Å². The summed E-state index contributed by atoms with van der Waals surface area (Å²) in [6.45, 7) is 0. The van der Waals surface area contributed by atoms with Gasteiger partial charge in [-0.3, -0.25) is 4.68 Å². The Morgan fingerprint density at radius 3 is 2.78 bits per heavy atom. The summed E-state index contributed by atoms with van der Waals surface area (Å²) in [5.74, 6) is 0.666. The van der Waals surface area contributed by atoms with Gasteiger partial charge in [0.2, 0.25) is 0 Å². The van der Waals surface area contributed by atoms with Gasteiger partial charge in [-0.1, -0.05) is 24.3 Å². The molecule has 1 N–H and O–H groups in total. The van der Waals surface area contributed by atoms with Crippen LogP contribution in [0, 0.1) is 0 Å². The van der Waals surface area contributed by atoms with Crippen molar-refractivity contribution in [3.8, 4) is 0 Å². The quantitative estimate of drug-likeness (QED) is 0.894. The van der Waals surface area contributed by atoms with Gasteiger partial charge in [-0.15, -0.1) is 0 Å². The average Bonchev–Trinajstić information content (AvgIpc) is 3.14. The number of nitrogens with zero attached hydrogens (tertiary/aromatic N) is 2. The Morgan fingerprint density at radius 2 is 2.11 bits per heavy atom. The summed E-state index contributed by atoms with van der Waals surface area (Å²) in [5, 5.41) is 14.7. The number of aryl methyl sites for hydroxylation is 1. The van der Waals surface area contributed by atoms with Crippen LogP contribution in [-0.4, -0.2) is 14.9 Å². The van der Waals surface area contributed by atoms with Crippen molar-refractivity contribution in [3.05, 3.63) is 53.3 Å². The van der Waals surface area contributed by atoms with Crippen LogP contribution in [0.5, 0.6) is 0 Å². The normalized spacial score (nSPS) is 16.8. The average molecular weight is 242 g/mol. The molecule has 0 bridgehead atoms. The predicted molar refractivity (Wildman–Crippen MR) is 70.3 cm³/mol. The summed E-state index contributed by atoms with van der Waals surface area (Å²) >= 11 is 0. The van der Waals surface area contributed by atoms with Gasteiger partial charge in [-0.25, -0.2) is 0 Å². The number of hydrogen-bond donors (Lipinski definition) is 1. The predicted octanol–water partition coefficient (Wildman–Crippen LogP) is 2.57. The maximum absolute atomic E-state index is 10.4. The second-order valence-corrected chi connectivity index (χ2v) is 5.10. The first-order valence-corrected chi connectivity index (χ1v) is 6.49. The first-order valence-electron chi connectivity index (χ1n) is 6.49. The minimum atomic E-state index is -0.448. The van der Waals surface area contributed by atoms with Crippen molar-refractivity contribution >= 4 is 0 Å². The molecule has 0 radical (unpaired) electrons. The van der Waals surface area contributed by atoms with Gasteiger partial charge in [-0.2, -0.15) is 5.10 Å². The van der Waals surface area contributed by atoms with Crippen LogP contribution in [-0.2, 0) is 13.5 Å². The molecular formula is C15H18N2O. The van der Waals surface area contributed by atoms with Crippen molar-refractivity contribution in [3.63, 3.8) is 0 Å². The van der Waals surface area contributed by atoms with E-state index < -0.39 is 6.10 Å². The topological polar surface area (TPSA) is 38.0 Å². The van der Waals surface area contributed by atoms with Crippen LogP contribution in [0.4, 0.5) is 0 Å². The standard InChI is InChI=1S/C15H18N2O/c1-17-9-8-12(16-17)10-15(18)14-5-3-2-4-13(14)11-6-7-11/h2-5,8-9,11,15,18H,6-7,10H2,1H3. The number of hydrogen-bond acceptors (Lipinski definition) is 2. The van der Waals surface area contributed by atoms with Crippen LogP contribution in [0.3, 0.4) is 0 Å². The van der Waals surface area contributed by atoms with Crippen molar-refractivity contribution < 1.29 is 5.11 Å². The molecular weight excluding hydrogens is 224 g/mol. The Hall–Kier alpha value is -1.61. The molecule has 3 nitrogen and oxygen atoms in total. The minimum Gasteiger partial charge on any atom is -0.388 e. The Morgan fingerprint density at radius 1 is 1.33 bits per heavy atom. The second-order valence-electron chi connectivity index (χ2n) is 5.10. The molecule has 1 aromatic carbocycles. The fourth-order valence-corrected chi connectivity index (χ4v) is 2.46. The summed E-state index contributed by atoms with van der Waals surface area (Å²) in [6, 6.07) is 10.2. The zero-order chi connectivity index (χ0) is 12.5. The Balaban J connectivity index is 1.81. The highest BCUT2D eigenvalue weighted by Gasteiger charge is 2.27. The smallest absolute Gasteiger partial charge is 0.0848 e. The molecule has 0 aliphatic heterocycles. The summed E-state index contributed by atoms with van der Waals surface area (Å²) < 4.78 is 1.77. The molecule has 0 saturated heterocycles. The molecule has 1 aliphatic rings. The molecule has 3 rings (SSSR count). The van der Waals surface area contributed by atoms with E-state index >= 15 is 0 Å². The first kappa shape index (κ1) is 11.5. The number of aliphatic hydroxyl groups excluding tert-OH is 1. The number of benzene rings is 1. The molecule has 1 atom stereocenters. The van der Waals surface area contributed by atoms with Crippen LogP contribution >= 0.6 is 0 Å². The highest BCUT2D eigenvalue weighted by atomic mass is 16.3. The van der Waals surface area contributed by atoms with E-state index in [1.54, 1.807) is 4.68 Å². The number of aliphatic hydroxyl groups is 1. The Labute approximate surface area is 107 Å². The van der Waals surface area contributed by atoms with Crippen LogP contribution in [0.25, 0.3) is 0 Å². The highest BCUT2D eigenvalue weighted by molar-refractivity contribution is 5.35. The molecule has 2 aromatic rings. The third-order valence-electron chi connectivity index (χ3n) is 3.54. The molecule has 1 saturated carbocycles. The summed E-state index contributed by atoms with van der Waals surface area (Å²) in [5.41, 5.74) is 3.34. The Kier molecular flexibility index (Phi) is 2.92. The van der Waals surface area contributed by atoms with Gasteiger partial charge in [0.1, 0.15) is 0 Å². The van der Waals surface area contributed by atoms with E-state index in [0.29, 0.717) is 12.3 Å². The monoisotopic (exact) mass is 242 g/mol. The summed E-state index contributed by atoms with van der Waals surface area (Å²) in [6.07, 6.45) is 4.57. The van der Waals surface area contributed by atoms with Crippen LogP contribution < -0.4 is 0 Å². The van der Waals surface area contributed by atoms with Gasteiger partial charge in [0, 0.05) is 19.7 Å². The van der Waals surface area contributed by atoms with Gasteiger partial charge >= 0.3 is 0 Å². The van der Waals surface area contributed by atoms with Crippen LogP contribution in [0.1, 0.15) is 41.7 Å². The van der Waals surface area contributed by atoms with E-state index in [-0.39, 0.29) is 0 Å². The van der Waals surface area contributed by atoms with E-state index in [1.807, 2.05) is 31.4 Å². The van der Waals surface area contributed by atoms with Crippen molar-refractivity contribution in [2.45, 2.75) is 31.3 Å². The molecule has 94 valence electrons. The fourth-order valence-electron chi connectivity index (χ4n) is 2.46. The molecule has 1 heterocycles. The zero-order valence-corrected chi connectivity index (χ0v) is 10.6. The third kappa shape index (κ3) is 2.31. The van der Waals surface area contributed by atoms with Crippen molar-refractivity contribution in [2.75, 3.05) is 0 Å². The molecule has 0 amide bonds. The van der Waals surface area contributed by atoms with Gasteiger partial charge in [0.25, 0.3) is 0 Å². The first-order chi connectivity index (χ1) is 8.74. The Bertz CT molecular complexity index is 543. The van der Waals surface area contributed by atoms with Gasteiger partial charge in [0.15, 0.2) is 0 Å². The van der Waals surface area contributed by atoms with E-state index in [2.05, 4.69) is 17.2 Å². The molecule has 3 heteroatoms. The summed E-state index contributed by atoms with van der Waals surface area (Å²) in [7, 11) is 1.90. The number of rotatable bonds is 4. The largest absolute Gasteiger partial charge is 0.388 e. The minimum absolute atomic E-state index is 0.448. The lowest BCUT2D eigenvalue weighted by Gasteiger charge is -2.14. The lowest BCUT2D eigenvalue weighted by Crippen LogP contribution is -2.05. The van der Waals surface area contributed by atoms with E-state index in [0.717, 1.165) is 11.3 Å². The molecule has 1 aromatic heterocycles. The SMILES string of the molecule is Cn1ccc(CC(O)c2ccccc2C2CC2)n1. The fraction of sp³-hybridized carbons (Fsp3) is 0.400. The lowest BCUT2D eigenvalue weighted by molar-refractivity contribution is 0.176. The van der Waals surface area contributed by atoms with E-state index in [9.17, 15) is 5.11 Å². The maximum Gasteiger partial charge on any atom is 0.0848 e. The molecule has 1 fully saturated rings. The molecule has 0 spiro atoms. The third-order valence-corrected chi connectivity index (χ3v) is 3.54. The van der Waals surface area contributed by atoms with Crippen molar-refractivity contribution in [2.24, 2.45) is 7.05 Å². The zero-order valence-electron chi connectivity index (χ0n) is 10.6. The van der Waals surface area contributed by atoms with Crippen molar-refractivity contribution in [1.29, 1.82) is 0 Å². The molecule has 1 aliphatic carbocycles. The maximum atomic E-state index is 10.4. The van der Waals surface area contributed by atoms with Gasteiger partial charge in [0.05, 0.1) is 11.8 Å². The van der Waals surface area contributed by atoms with E-state index in [1.165, 1.54) is 18.4 Å². The van der Waals surface area contributed by atoms with Crippen molar-refractivity contribution in [1.82, 2.24) is 9.78 Å². The number of aromatic nitrogens is 2. The lowest BCUT2D eigenvalue weighted by atomic mass is 9.96. The van der Waals surface area contributed by atoms with E-state index in [4.69, 9.17) is 0 Å². The van der Waals surface area contributed by atoms with Gasteiger partial charge < -0.3 is 5.11 Å². The van der Waals surface area contributed by atoms with Gasteiger partial charge in [-0.05, 0) is 36.0 Å². The summed E-state index contributed by atoms with van der Waals surface area (Å²) in [4.78, 5) is 0. The molecule has 18 heavy (non-hydrogen) atoms. The second kappa shape index (κ2) is 4.58. The highest BCUT2D eigenvalue weighted by Crippen LogP contribution is 2.43. The van der Waals surface area contributed by atoms with Crippen LogP contribution in [0.15, 0.2) is 36.5 Å². The molecule has 1 unspecified atom stereocenters.